The number of halogens is 1. The van der Waals surface area contributed by atoms with Crippen molar-refractivity contribution >= 4 is 34.5 Å². The first-order chi connectivity index (χ1) is 22.4. The number of aromatic nitrogens is 1. The Labute approximate surface area is 273 Å². The summed E-state index contributed by atoms with van der Waals surface area (Å²) in [5.74, 6) is -0.353. The number of hydrogen-bond acceptors (Lipinski definition) is 9. The molecule has 2 amide bonds. The van der Waals surface area contributed by atoms with Crippen LogP contribution in [0, 0.1) is 5.82 Å². The minimum absolute atomic E-state index is 0.0316. The number of rotatable bonds is 10. The number of esters is 1. The average molecular weight is 648 g/mol. The van der Waals surface area contributed by atoms with Gasteiger partial charge in [0.05, 0.1) is 13.2 Å². The van der Waals surface area contributed by atoms with Crippen LogP contribution in [0.25, 0.3) is 10.9 Å². The molecular formula is C35H42FN5O6. The number of fused-ring (bicyclic) bond motifs is 2. The van der Waals surface area contributed by atoms with Gasteiger partial charge in [-0.05, 0) is 87.2 Å². The van der Waals surface area contributed by atoms with Gasteiger partial charge in [0.25, 0.3) is 5.91 Å². The molecule has 2 atom stereocenters. The molecule has 3 aliphatic rings. The summed E-state index contributed by atoms with van der Waals surface area (Å²) in [5.41, 5.74) is 7.49. The molecule has 2 saturated heterocycles. The van der Waals surface area contributed by atoms with Crippen molar-refractivity contribution in [3.63, 3.8) is 0 Å². The van der Waals surface area contributed by atoms with Gasteiger partial charge in [0.1, 0.15) is 40.6 Å². The van der Waals surface area contributed by atoms with Crippen LogP contribution in [0.4, 0.5) is 10.2 Å². The van der Waals surface area contributed by atoms with E-state index in [1.165, 1.54) is 4.90 Å². The lowest BCUT2D eigenvalue weighted by atomic mass is 10.1. The van der Waals surface area contributed by atoms with Crippen molar-refractivity contribution in [3.8, 4) is 5.75 Å². The lowest BCUT2D eigenvalue weighted by molar-refractivity contribution is -0.155. The molecule has 6 rings (SSSR count). The van der Waals surface area contributed by atoms with Gasteiger partial charge in [0.2, 0.25) is 5.91 Å². The fourth-order valence-electron chi connectivity index (χ4n) is 6.53. The SMILES string of the molecule is CC(C)(C)OC(=O)CC[C@@H](C(N)=O)N1Cc2cc(O[C@H]3CCN(Cc4cc(F)c5nc(N6CCOCC6)ccc5c4)C3)ccc2C1=O. The third-order valence-electron chi connectivity index (χ3n) is 8.72. The van der Waals surface area contributed by atoms with Gasteiger partial charge >= 0.3 is 5.97 Å². The molecule has 2 N–H and O–H groups in total. The lowest BCUT2D eigenvalue weighted by Gasteiger charge is -2.28. The Bertz CT molecular complexity index is 1670. The molecule has 12 heteroatoms. The third-order valence-corrected chi connectivity index (χ3v) is 8.72. The number of benzene rings is 2. The van der Waals surface area contributed by atoms with Crippen LogP contribution in [-0.4, -0.2) is 89.7 Å². The summed E-state index contributed by atoms with van der Waals surface area (Å²) in [7, 11) is 0. The highest BCUT2D eigenvalue weighted by atomic mass is 19.1. The van der Waals surface area contributed by atoms with E-state index in [4.69, 9.17) is 19.9 Å². The van der Waals surface area contributed by atoms with Crippen molar-refractivity contribution in [1.29, 1.82) is 0 Å². The quantitative estimate of drug-likeness (QED) is 0.327. The third kappa shape index (κ3) is 7.65. The molecule has 0 radical (unpaired) electrons. The van der Waals surface area contributed by atoms with Crippen LogP contribution in [0.3, 0.4) is 0 Å². The van der Waals surface area contributed by atoms with Gasteiger partial charge in [-0.2, -0.15) is 0 Å². The van der Waals surface area contributed by atoms with Crippen LogP contribution in [0.2, 0.25) is 0 Å². The second kappa shape index (κ2) is 13.4. The molecule has 2 fully saturated rings. The molecular weight excluding hydrogens is 605 g/mol. The highest BCUT2D eigenvalue weighted by Crippen LogP contribution is 2.31. The van der Waals surface area contributed by atoms with Crippen molar-refractivity contribution in [2.45, 2.75) is 70.9 Å². The number of anilines is 1. The largest absolute Gasteiger partial charge is 0.489 e. The van der Waals surface area contributed by atoms with Crippen LogP contribution in [-0.2, 0) is 32.2 Å². The van der Waals surface area contributed by atoms with Gasteiger partial charge in [-0.25, -0.2) is 9.37 Å². The topological polar surface area (TPSA) is 128 Å². The molecule has 0 spiro atoms. The number of morpholine rings is 1. The van der Waals surface area contributed by atoms with E-state index >= 15 is 4.39 Å². The monoisotopic (exact) mass is 647 g/mol. The van der Waals surface area contributed by atoms with Gasteiger partial charge in [-0.15, -0.1) is 0 Å². The lowest BCUT2D eigenvalue weighted by Crippen LogP contribution is -2.45. The normalized spacial score (nSPS) is 19.2. The van der Waals surface area contributed by atoms with E-state index in [1.54, 1.807) is 39.0 Å². The summed E-state index contributed by atoms with van der Waals surface area (Å²) in [5, 5.41) is 0.772. The molecule has 1 aromatic heterocycles. The van der Waals surface area contributed by atoms with Crippen LogP contribution in [0.15, 0.2) is 42.5 Å². The number of pyridine rings is 1. The van der Waals surface area contributed by atoms with Crippen molar-refractivity contribution in [3.05, 3.63) is 65.0 Å². The fraction of sp³-hybridized carbons (Fsp3) is 0.486. The second-order valence-corrected chi connectivity index (χ2v) is 13.5. The molecule has 250 valence electrons. The molecule has 2 aromatic carbocycles. The summed E-state index contributed by atoms with van der Waals surface area (Å²) in [6, 6.07) is 11.8. The number of nitrogens with two attached hydrogens (primary N) is 1. The minimum atomic E-state index is -0.933. The van der Waals surface area contributed by atoms with E-state index in [-0.39, 0.29) is 37.2 Å². The first-order valence-electron chi connectivity index (χ1n) is 16.2. The minimum Gasteiger partial charge on any atom is -0.489 e. The van der Waals surface area contributed by atoms with Crippen molar-refractivity contribution < 1.29 is 33.0 Å². The van der Waals surface area contributed by atoms with Crippen LogP contribution >= 0.6 is 0 Å². The number of nitrogens with zero attached hydrogens (tertiary/aromatic N) is 4. The summed E-state index contributed by atoms with van der Waals surface area (Å²) < 4.78 is 32.3. The molecule has 47 heavy (non-hydrogen) atoms. The zero-order valence-corrected chi connectivity index (χ0v) is 27.2. The van der Waals surface area contributed by atoms with Gasteiger partial charge in [0, 0.05) is 56.6 Å². The smallest absolute Gasteiger partial charge is 0.306 e. The maximum atomic E-state index is 15.2. The van der Waals surface area contributed by atoms with Gasteiger partial charge < -0.3 is 29.7 Å². The Morgan fingerprint density at radius 1 is 1.11 bits per heavy atom. The number of carbonyl (C=O) groups is 3. The Morgan fingerprint density at radius 2 is 1.89 bits per heavy atom. The predicted molar refractivity (Wildman–Crippen MR) is 173 cm³/mol. The summed E-state index contributed by atoms with van der Waals surface area (Å²) >= 11 is 0. The maximum absolute atomic E-state index is 15.2. The van der Waals surface area contributed by atoms with Crippen molar-refractivity contribution in [2.75, 3.05) is 44.3 Å². The highest BCUT2D eigenvalue weighted by Gasteiger charge is 2.36. The van der Waals surface area contributed by atoms with Crippen molar-refractivity contribution in [2.24, 2.45) is 5.73 Å². The van der Waals surface area contributed by atoms with E-state index in [1.807, 2.05) is 24.3 Å². The van der Waals surface area contributed by atoms with E-state index in [0.717, 1.165) is 48.4 Å². The Hall–Kier alpha value is -4.29. The first kappa shape index (κ1) is 32.6. The number of primary amides is 1. The number of hydrogen-bond donors (Lipinski definition) is 1. The van der Waals surface area contributed by atoms with Gasteiger partial charge in [-0.3, -0.25) is 19.3 Å². The average Bonchev–Trinajstić information content (AvgIpc) is 3.59. The van der Waals surface area contributed by atoms with Crippen molar-refractivity contribution in [1.82, 2.24) is 14.8 Å². The molecule has 0 bridgehead atoms. The molecule has 0 saturated carbocycles. The zero-order chi connectivity index (χ0) is 33.3. The van der Waals surface area contributed by atoms with Gasteiger partial charge in [-0.1, -0.05) is 0 Å². The molecule has 3 aliphatic heterocycles. The maximum Gasteiger partial charge on any atom is 0.306 e. The second-order valence-electron chi connectivity index (χ2n) is 13.5. The van der Waals surface area contributed by atoms with Gasteiger partial charge in [0.15, 0.2) is 0 Å². The number of likely N-dealkylation sites (tertiary alicyclic amines) is 1. The number of ether oxygens (including phenoxy) is 3. The molecule has 3 aromatic rings. The Morgan fingerprint density at radius 3 is 2.64 bits per heavy atom. The summed E-state index contributed by atoms with van der Waals surface area (Å²) in [6.45, 7) is 10.3. The van der Waals surface area contributed by atoms with E-state index in [0.29, 0.717) is 43.1 Å². The molecule has 0 unspecified atom stereocenters. The summed E-state index contributed by atoms with van der Waals surface area (Å²) in [4.78, 5) is 48.1. The summed E-state index contributed by atoms with van der Waals surface area (Å²) in [6.07, 6.45) is 0.780. The standard InChI is InChI=1S/C35H42FN5O6/c1-35(2,3)47-31(42)9-7-29(33(37)43)41-20-24-18-25(5-6-27(24)34(41)44)46-26-10-11-39(21-26)19-22-16-23-4-8-30(38-32(23)28(36)17-22)40-12-14-45-15-13-40/h4-6,8,16-18,26,29H,7,9-15,19-21H2,1-3H3,(H2,37,43)/t26-,29-/m0/s1. The molecule has 0 aliphatic carbocycles. The number of carbonyl (C=O) groups excluding carboxylic acids is 3. The predicted octanol–water partition coefficient (Wildman–Crippen LogP) is 3.80. The fourth-order valence-corrected chi connectivity index (χ4v) is 6.53. The Kier molecular flexibility index (Phi) is 9.34. The van der Waals surface area contributed by atoms with Crippen LogP contribution < -0.4 is 15.4 Å². The Balaban J connectivity index is 1.05. The van der Waals surface area contributed by atoms with Crippen LogP contribution in [0.1, 0.15) is 61.5 Å². The van der Waals surface area contributed by atoms with E-state index in [9.17, 15) is 14.4 Å². The first-order valence-corrected chi connectivity index (χ1v) is 16.2. The van der Waals surface area contributed by atoms with E-state index in [2.05, 4.69) is 14.8 Å². The number of amides is 2. The molecule has 4 heterocycles. The molecule has 11 nitrogen and oxygen atoms in total. The van der Waals surface area contributed by atoms with E-state index < -0.39 is 23.5 Å². The zero-order valence-electron chi connectivity index (χ0n) is 27.2. The van der Waals surface area contributed by atoms with Crippen LogP contribution in [0.5, 0.6) is 5.75 Å². The highest BCUT2D eigenvalue weighted by molar-refractivity contribution is 6.01.